The molecule has 1 aliphatic carbocycles. The molecule has 4 rings (SSSR count). The number of hydrogen-bond donors (Lipinski definition) is 1. The van der Waals surface area contributed by atoms with Crippen LogP contribution >= 0.6 is 11.3 Å². The Morgan fingerprint density at radius 2 is 2.25 bits per heavy atom. The Morgan fingerprint density at radius 1 is 1.39 bits per heavy atom. The molecule has 1 saturated carbocycles. The second-order valence-electron chi connectivity index (χ2n) is 6.91. The summed E-state index contributed by atoms with van der Waals surface area (Å²) in [7, 11) is 1.66. The topological polar surface area (TPSA) is 81.9 Å². The average Bonchev–Trinajstić information content (AvgIpc) is 3.21. The Labute approximate surface area is 167 Å². The fourth-order valence-corrected chi connectivity index (χ4v) is 3.93. The van der Waals surface area contributed by atoms with Crippen LogP contribution in [0, 0.1) is 6.92 Å². The molecule has 3 aromatic heterocycles. The van der Waals surface area contributed by atoms with Gasteiger partial charge in [0, 0.05) is 32.4 Å². The first-order valence-corrected chi connectivity index (χ1v) is 10.3. The van der Waals surface area contributed by atoms with Crippen LogP contribution in [0.15, 0.2) is 29.9 Å². The monoisotopic (exact) mass is 397 g/mol. The molecule has 3 aromatic rings. The standard InChI is InChI=1S/C20H23N5O2S/c1-13-11-22-20(24-17(13)16-5-3-10-28-16)25-18(14-6-7-14)15(12-23-25)19(26)21-8-4-9-27-2/h3,5,10-12,14H,4,6-9H2,1-2H3,(H,21,26). The van der Waals surface area contributed by atoms with Gasteiger partial charge in [0.05, 0.1) is 28.0 Å². The van der Waals surface area contributed by atoms with E-state index in [4.69, 9.17) is 9.72 Å². The van der Waals surface area contributed by atoms with Gasteiger partial charge >= 0.3 is 0 Å². The van der Waals surface area contributed by atoms with Crippen molar-refractivity contribution in [1.82, 2.24) is 25.1 Å². The third-order valence-electron chi connectivity index (χ3n) is 4.73. The molecule has 146 valence electrons. The third kappa shape index (κ3) is 3.83. The van der Waals surface area contributed by atoms with Crippen LogP contribution in [0.1, 0.15) is 46.8 Å². The summed E-state index contributed by atoms with van der Waals surface area (Å²) in [6.07, 6.45) is 6.34. The van der Waals surface area contributed by atoms with Gasteiger partial charge in [0.2, 0.25) is 0 Å². The summed E-state index contributed by atoms with van der Waals surface area (Å²) in [6.45, 7) is 3.20. The largest absolute Gasteiger partial charge is 0.385 e. The Morgan fingerprint density at radius 3 is 2.96 bits per heavy atom. The van der Waals surface area contributed by atoms with Crippen LogP contribution in [-0.4, -0.2) is 45.9 Å². The van der Waals surface area contributed by atoms with Crippen molar-refractivity contribution in [2.24, 2.45) is 0 Å². The van der Waals surface area contributed by atoms with Gasteiger partial charge < -0.3 is 10.1 Å². The molecule has 0 spiro atoms. The number of nitrogens with one attached hydrogen (secondary N) is 1. The second-order valence-corrected chi connectivity index (χ2v) is 7.86. The molecule has 0 saturated heterocycles. The van der Waals surface area contributed by atoms with Gasteiger partial charge in [-0.15, -0.1) is 11.3 Å². The molecule has 1 aliphatic rings. The zero-order chi connectivity index (χ0) is 19.5. The molecule has 1 N–H and O–H groups in total. The number of rotatable bonds is 8. The van der Waals surface area contributed by atoms with Crippen LogP contribution in [0.5, 0.6) is 0 Å². The summed E-state index contributed by atoms with van der Waals surface area (Å²) in [6, 6.07) is 4.06. The fourth-order valence-electron chi connectivity index (χ4n) is 3.15. The van der Waals surface area contributed by atoms with Gasteiger partial charge in [-0.1, -0.05) is 6.07 Å². The molecule has 0 atom stereocenters. The van der Waals surface area contributed by atoms with E-state index < -0.39 is 0 Å². The quantitative estimate of drug-likeness (QED) is 0.590. The first kappa shape index (κ1) is 18.8. The van der Waals surface area contributed by atoms with Crippen molar-refractivity contribution in [2.45, 2.75) is 32.1 Å². The lowest BCUT2D eigenvalue weighted by molar-refractivity contribution is 0.0947. The van der Waals surface area contributed by atoms with Crippen molar-refractivity contribution >= 4 is 17.2 Å². The predicted molar refractivity (Wildman–Crippen MR) is 108 cm³/mol. The minimum Gasteiger partial charge on any atom is -0.385 e. The molecule has 0 aliphatic heterocycles. The van der Waals surface area contributed by atoms with Crippen LogP contribution in [-0.2, 0) is 4.74 Å². The molecule has 8 heteroatoms. The highest BCUT2D eigenvalue weighted by Crippen LogP contribution is 2.42. The Kier molecular flexibility index (Phi) is 5.50. The maximum atomic E-state index is 12.7. The highest BCUT2D eigenvalue weighted by molar-refractivity contribution is 7.13. The maximum Gasteiger partial charge on any atom is 0.254 e. The SMILES string of the molecule is COCCCNC(=O)c1cnn(-c2ncc(C)c(-c3cccs3)n2)c1C1CC1. The molecule has 0 unspecified atom stereocenters. The van der Waals surface area contributed by atoms with E-state index >= 15 is 0 Å². The number of amides is 1. The summed E-state index contributed by atoms with van der Waals surface area (Å²) in [5.41, 5.74) is 3.44. The normalized spacial score (nSPS) is 13.6. The van der Waals surface area contributed by atoms with E-state index in [1.165, 1.54) is 0 Å². The Balaban J connectivity index is 1.65. The van der Waals surface area contributed by atoms with Crippen molar-refractivity contribution < 1.29 is 9.53 Å². The van der Waals surface area contributed by atoms with Gasteiger partial charge in [-0.3, -0.25) is 4.79 Å². The predicted octanol–water partition coefficient (Wildman–Crippen LogP) is 3.34. The van der Waals surface area contributed by atoms with E-state index in [0.29, 0.717) is 30.6 Å². The molecule has 7 nitrogen and oxygen atoms in total. The smallest absolute Gasteiger partial charge is 0.254 e. The summed E-state index contributed by atoms with van der Waals surface area (Å²) < 4.78 is 6.77. The van der Waals surface area contributed by atoms with Crippen molar-refractivity contribution in [3.63, 3.8) is 0 Å². The highest BCUT2D eigenvalue weighted by Gasteiger charge is 2.33. The second kappa shape index (κ2) is 8.20. The van der Waals surface area contributed by atoms with Gasteiger partial charge in [-0.05, 0) is 43.2 Å². The minimum atomic E-state index is -0.102. The van der Waals surface area contributed by atoms with Gasteiger partial charge in [0.15, 0.2) is 0 Å². The number of thiophene rings is 1. The van der Waals surface area contributed by atoms with E-state index in [1.54, 1.807) is 29.3 Å². The van der Waals surface area contributed by atoms with Crippen molar-refractivity contribution in [2.75, 3.05) is 20.3 Å². The first-order valence-electron chi connectivity index (χ1n) is 9.42. The summed E-state index contributed by atoms with van der Waals surface area (Å²) in [5, 5.41) is 9.46. The number of methoxy groups -OCH3 is 1. The molecule has 0 aromatic carbocycles. The molecule has 3 heterocycles. The number of aromatic nitrogens is 4. The molecular weight excluding hydrogens is 374 g/mol. The fraction of sp³-hybridized carbons (Fsp3) is 0.400. The number of aryl methyl sites for hydroxylation is 1. The van der Waals surface area contributed by atoms with Crippen molar-refractivity contribution in [1.29, 1.82) is 0 Å². The van der Waals surface area contributed by atoms with Gasteiger partial charge in [0.1, 0.15) is 0 Å². The Hall–Kier alpha value is -2.58. The van der Waals surface area contributed by atoms with E-state index in [2.05, 4.69) is 15.4 Å². The van der Waals surface area contributed by atoms with E-state index in [9.17, 15) is 4.79 Å². The average molecular weight is 398 g/mol. The van der Waals surface area contributed by atoms with Crippen LogP contribution < -0.4 is 5.32 Å². The molecule has 0 bridgehead atoms. The Bertz CT molecular complexity index is 963. The molecule has 0 radical (unpaired) electrons. The molecule has 28 heavy (non-hydrogen) atoms. The lowest BCUT2D eigenvalue weighted by atomic mass is 10.1. The summed E-state index contributed by atoms with van der Waals surface area (Å²) >= 11 is 1.65. The van der Waals surface area contributed by atoms with E-state index in [-0.39, 0.29) is 5.91 Å². The van der Waals surface area contributed by atoms with Crippen molar-refractivity contribution in [3.8, 4) is 16.5 Å². The number of carbonyl (C=O) groups excluding carboxylic acids is 1. The van der Waals surface area contributed by atoms with Crippen LogP contribution in [0.2, 0.25) is 0 Å². The summed E-state index contributed by atoms with van der Waals surface area (Å²) in [5.74, 6) is 0.737. The molecular formula is C20H23N5O2S. The number of nitrogens with zero attached hydrogens (tertiary/aromatic N) is 4. The highest BCUT2D eigenvalue weighted by atomic mass is 32.1. The van der Waals surface area contributed by atoms with Crippen LogP contribution in [0.3, 0.4) is 0 Å². The zero-order valence-corrected chi connectivity index (χ0v) is 16.8. The first-order chi connectivity index (χ1) is 13.7. The lowest BCUT2D eigenvalue weighted by Gasteiger charge is -2.10. The van der Waals surface area contributed by atoms with E-state index in [1.807, 2.05) is 30.6 Å². The number of hydrogen-bond acceptors (Lipinski definition) is 6. The van der Waals surface area contributed by atoms with Crippen molar-refractivity contribution in [3.05, 3.63) is 46.7 Å². The molecule has 1 fully saturated rings. The van der Waals surface area contributed by atoms with Crippen LogP contribution in [0.4, 0.5) is 0 Å². The third-order valence-corrected chi connectivity index (χ3v) is 5.61. The van der Waals surface area contributed by atoms with E-state index in [0.717, 1.165) is 41.1 Å². The summed E-state index contributed by atoms with van der Waals surface area (Å²) in [4.78, 5) is 23.0. The van der Waals surface area contributed by atoms with Crippen LogP contribution in [0.25, 0.3) is 16.5 Å². The van der Waals surface area contributed by atoms with Gasteiger partial charge in [-0.25, -0.2) is 14.6 Å². The number of ether oxygens (including phenoxy) is 1. The molecule has 1 amide bonds. The minimum absolute atomic E-state index is 0.102. The maximum absolute atomic E-state index is 12.7. The number of carbonyl (C=O) groups is 1. The lowest BCUT2D eigenvalue weighted by Crippen LogP contribution is -2.26. The zero-order valence-electron chi connectivity index (χ0n) is 16.0. The van der Waals surface area contributed by atoms with Gasteiger partial charge in [0.25, 0.3) is 11.9 Å². The van der Waals surface area contributed by atoms with Gasteiger partial charge in [-0.2, -0.15) is 5.10 Å².